The molecule has 0 heterocycles. The third-order valence-corrected chi connectivity index (χ3v) is 4.46. The first kappa shape index (κ1) is 16.5. The zero-order valence-corrected chi connectivity index (χ0v) is 13.8. The van der Waals surface area contributed by atoms with Gasteiger partial charge in [-0.2, -0.15) is 8.78 Å². The average Bonchev–Trinajstić information content (AvgIpc) is 2.43. The second-order valence-electron chi connectivity index (χ2n) is 4.37. The highest BCUT2D eigenvalue weighted by Crippen LogP contribution is 2.31. The summed E-state index contributed by atoms with van der Waals surface area (Å²) in [6.45, 7) is -2.81. The first-order valence-electron chi connectivity index (χ1n) is 6.08. The van der Waals surface area contributed by atoms with Crippen LogP contribution in [0.1, 0.15) is 16.0 Å². The number of hydrogen-bond acceptors (Lipinski definition) is 1. The molecule has 0 aliphatic carbocycles. The molecular weight excluding hydrogens is 385 g/mol. The van der Waals surface area contributed by atoms with Gasteiger partial charge in [0.25, 0.3) is 0 Å². The molecule has 0 amide bonds. The van der Waals surface area contributed by atoms with Crippen LogP contribution >= 0.6 is 39.1 Å². The lowest BCUT2D eigenvalue weighted by Gasteiger charge is -2.12. The minimum absolute atomic E-state index is 0.0374. The van der Waals surface area contributed by atoms with Gasteiger partial charge < -0.3 is 4.74 Å². The van der Waals surface area contributed by atoms with Crippen molar-refractivity contribution < 1.29 is 13.5 Å². The Hall–Kier alpha value is -0.840. The molecule has 0 saturated carbocycles. The molecule has 0 bridgehead atoms. The van der Waals surface area contributed by atoms with Gasteiger partial charge in [0.1, 0.15) is 5.75 Å². The molecule has 6 heteroatoms. The maximum absolute atomic E-state index is 12.1. The topological polar surface area (TPSA) is 9.23 Å². The Morgan fingerprint density at radius 3 is 2.24 bits per heavy atom. The van der Waals surface area contributed by atoms with Gasteiger partial charge >= 0.3 is 6.61 Å². The number of benzene rings is 2. The molecule has 1 unspecified atom stereocenters. The van der Waals surface area contributed by atoms with Crippen molar-refractivity contribution in [1.82, 2.24) is 0 Å². The molecule has 2 rings (SSSR count). The lowest BCUT2D eigenvalue weighted by atomic mass is 10.0. The summed E-state index contributed by atoms with van der Waals surface area (Å²) in [6, 6.07) is 12.0. The van der Waals surface area contributed by atoms with Crippen molar-refractivity contribution >= 4 is 39.1 Å². The first-order chi connectivity index (χ1) is 9.95. The van der Waals surface area contributed by atoms with Gasteiger partial charge in [-0.3, -0.25) is 0 Å². The van der Waals surface area contributed by atoms with Crippen molar-refractivity contribution in [2.24, 2.45) is 0 Å². The molecule has 0 radical (unpaired) electrons. The minimum Gasteiger partial charge on any atom is -0.435 e. The quantitative estimate of drug-likeness (QED) is 0.541. The molecule has 1 nitrogen and oxygen atoms in total. The Labute approximate surface area is 140 Å². The number of ether oxygens (including phenoxy) is 1. The van der Waals surface area contributed by atoms with E-state index in [0.717, 1.165) is 11.1 Å². The zero-order valence-electron chi connectivity index (χ0n) is 10.7. The number of halogens is 5. The average molecular weight is 396 g/mol. The van der Waals surface area contributed by atoms with Gasteiger partial charge in [0.2, 0.25) is 0 Å². The Bertz CT molecular complexity index is 605. The second-order valence-corrected chi connectivity index (χ2v) is 6.29. The molecule has 1 atom stereocenters. The Morgan fingerprint density at radius 2 is 1.67 bits per heavy atom. The van der Waals surface area contributed by atoms with E-state index in [1.165, 1.54) is 12.1 Å². The summed E-state index contributed by atoms with van der Waals surface area (Å²) in [6.07, 6.45) is 0.700. The molecule has 21 heavy (non-hydrogen) atoms. The number of hydrogen-bond donors (Lipinski definition) is 0. The van der Waals surface area contributed by atoms with Crippen LogP contribution in [0.15, 0.2) is 42.5 Å². The molecule has 112 valence electrons. The van der Waals surface area contributed by atoms with Crippen LogP contribution in [0.3, 0.4) is 0 Å². The zero-order chi connectivity index (χ0) is 15.4. The standard InChI is InChI=1S/C15H11BrCl2F2O/c16-12(7-9-1-6-13(17)14(18)8-9)10-2-4-11(5-3-10)21-15(19)20/h1-6,8,12,15H,7H2. The summed E-state index contributed by atoms with van der Waals surface area (Å²) >= 11 is 15.4. The normalized spacial score (nSPS) is 12.5. The van der Waals surface area contributed by atoms with Gasteiger partial charge in [0.15, 0.2) is 0 Å². The molecule has 0 saturated heterocycles. The minimum atomic E-state index is -2.81. The van der Waals surface area contributed by atoms with E-state index in [0.29, 0.717) is 16.5 Å². The van der Waals surface area contributed by atoms with Crippen LogP contribution in [0.2, 0.25) is 10.0 Å². The van der Waals surface area contributed by atoms with E-state index in [2.05, 4.69) is 20.7 Å². The highest BCUT2D eigenvalue weighted by molar-refractivity contribution is 9.09. The Morgan fingerprint density at radius 1 is 1.00 bits per heavy atom. The summed E-state index contributed by atoms with van der Waals surface area (Å²) in [7, 11) is 0. The van der Waals surface area contributed by atoms with Crippen LogP contribution in [0, 0.1) is 0 Å². The van der Waals surface area contributed by atoms with Gasteiger partial charge in [0.05, 0.1) is 10.0 Å². The first-order valence-corrected chi connectivity index (χ1v) is 7.75. The third kappa shape index (κ3) is 4.83. The van der Waals surface area contributed by atoms with Crippen molar-refractivity contribution in [2.75, 3.05) is 0 Å². The van der Waals surface area contributed by atoms with Crippen LogP contribution < -0.4 is 4.74 Å². The van der Waals surface area contributed by atoms with E-state index in [4.69, 9.17) is 23.2 Å². The van der Waals surface area contributed by atoms with E-state index < -0.39 is 6.61 Å². The van der Waals surface area contributed by atoms with Crippen LogP contribution in [0.25, 0.3) is 0 Å². The lowest BCUT2D eigenvalue weighted by molar-refractivity contribution is -0.0498. The van der Waals surface area contributed by atoms with E-state index in [-0.39, 0.29) is 10.6 Å². The van der Waals surface area contributed by atoms with Gasteiger partial charge in [-0.1, -0.05) is 57.3 Å². The highest BCUT2D eigenvalue weighted by Gasteiger charge is 2.11. The predicted molar refractivity (Wildman–Crippen MR) is 84.9 cm³/mol. The highest BCUT2D eigenvalue weighted by atomic mass is 79.9. The summed E-state index contributed by atoms with van der Waals surface area (Å²) in [5, 5.41) is 1.02. The van der Waals surface area contributed by atoms with E-state index in [9.17, 15) is 8.78 Å². The molecule has 0 fully saturated rings. The fourth-order valence-corrected chi connectivity index (χ4v) is 2.85. The smallest absolute Gasteiger partial charge is 0.387 e. The largest absolute Gasteiger partial charge is 0.435 e. The van der Waals surface area contributed by atoms with E-state index in [1.807, 2.05) is 12.1 Å². The maximum atomic E-state index is 12.1. The number of alkyl halides is 3. The van der Waals surface area contributed by atoms with Crippen LogP contribution in [0.4, 0.5) is 8.78 Å². The van der Waals surface area contributed by atoms with E-state index >= 15 is 0 Å². The van der Waals surface area contributed by atoms with Gasteiger partial charge in [-0.25, -0.2) is 0 Å². The van der Waals surface area contributed by atoms with E-state index in [1.54, 1.807) is 18.2 Å². The van der Waals surface area contributed by atoms with Crippen LogP contribution in [0.5, 0.6) is 5.75 Å². The van der Waals surface area contributed by atoms with Gasteiger partial charge in [-0.15, -0.1) is 0 Å². The fourth-order valence-electron chi connectivity index (χ4n) is 1.85. The lowest BCUT2D eigenvalue weighted by Crippen LogP contribution is -2.02. The maximum Gasteiger partial charge on any atom is 0.387 e. The summed E-state index contributed by atoms with van der Waals surface area (Å²) in [5.41, 5.74) is 1.99. The molecular formula is C15H11BrCl2F2O. The van der Waals surface area contributed by atoms with Crippen molar-refractivity contribution in [3.63, 3.8) is 0 Å². The van der Waals surface area contributed by atoms with Gasteiger partial charge in [0, 0.05) is 4.83 Å². The molecule has 0 aliphatic heterocycles. The monoisotopic (exact) mass is 394 g/mol. The SMILES string of the molecule is FC(F)Oc1ccc(C(Br)Cc2ccc(Cl)c(Cl)c2)cc1. The molecule has 0 spiro atoms. The van der Waals surface area contributed by atoms with Crippen LogP contribution in [-0.2, 0) is 6.42 Å². The molecule has 0 aromatic heterocycles. The summed E-state index contributed by atoms with van der Waals surface area (Å²) in [4.78, 5) is 0.0374. The van der Waals surface area contributed by atoms with Crippen molar-refractivity contribution in [2.45, 2.75) is 17.9 Å². The Kier molecular flexibility index (Phi) is 5.85. The van der Waals surface area contributed by atoms with Crippen molar-refractivity contribution in [1.29, 1.82) is 0 Å². The second kappa shape index (κ2) is 7.43. The van der Waals surface area contributed by atoms with Crippen molar-refractivity contribution in [3.8, 4) is 5.75 Å². The summed E-state index contributed by atoms with van der Waals surface area (Å²) in [5.74, 6) is 0.142. The Balaban J connectivity index is 2.05. The molecule has 2 aromatic rings. The van der Waals surface area contributed by atoms with Gasteiger partial charge in [-0.05, 0) is 41.8 Å². The molecule has 0 aliphatic rings. The van der Waals surface area contributed by atoms with Crippen LogP contribution in [-0.4, -0.2) is 6.61 Å². The van der Waals surface area contributed by atoms with Crippen molar-refractivity contribution in [3.05, 3.63) is 63.6 Å². The number of rotatable bonds is 5. The predicted octanol–water partition coefficient (Wildman–Crippen LogP) is 6.27. The third-order valence-electron chi connectivity index (χ3n) is 2.87. The molecule has 2 aromatic carbocycles. The summed E-state index contributed by atoms with van der Waals surface area (Å²) < 4.78 is 28.5. The fraction of sp³-hybridized carbons (Fsp3) is 0.200. The molecule has 0 N–H and O–H groups in total.